The Morgan fingerprint density at radius 3 is 2.62 bits per heavy atom. The normalized spacial score (nSPS) is 49.0. The molecule has 2 heterocycles. The molecule has 0 aromatic rings. The highest BCUT2D eigenvalue weighted by molar-refractivity contribution is 5.79. The van der Waals surface area contributed by atoms with Gasteiger partial charge in [0.15, 0.2) is 0 Å². The van der Waals surface area contributed by atoms with Crippen LogP contribution in [0.2, 0.25) is 0 Å². The number of hydrogen-bond acceptors (Lipinski definition) is 5. The van der Waals surface area contributed by atoms with E-state index in [4.69, 9.17) is 4.74 Å². The van der Waals surface area contributed by atoms with Crippen LogP contribution in [0.4, 0.5) is 0 Å². The molecule has 4 bridgehead atoms. The van der Waals surface area contributed by atoms with E-state index in [9.17, 15) is 14.9 Å². The number of esters is 1. The molecule has 7 rings (SSSR count). The minimum absolute atomic E-state index is 0.0302. The van der Waals surface area contributed by atoms with Gasteiger partial charge in [-0.3, -0.25) is 9.59 Å². The molecule has 1 amide bonds. The monoisotopic (exact) mass is 397 g/mol. The molecule has 5 saturated carbocycles. The molecule has 29 heavy (non-hydrogen) atoms. The van der Waals surface area contributed by atoms with Gasteiger partial charge < -0.3 is 15.0 Å². The Labute approximate surface area is 172 Å². The van der Waals surface area contributed by atoms with E-state index in [1.807, 2.05) is 4.90 Å². The van der Waals surface area contributed by atoms with Gasteiger partial charge in [-0.2, -0.15) is 5.26 Å². The molecule has 2 aliphatic heterocycles. The van der Waals surface area contributed by atoms with Crippen LogP contribution in [0.15, 0.2) is 0 Å². The highest BCUT2D eigenvalue weighted by Gasteiger charge is 2.61. The number of likely N-dealkylation sites (tertiary alicyclic amines) is 1. The summed E-state index contributed by atoms with van der Waals surface area (Å²) in [5, 5.41) is 12.8. The summed E-state index contributed by atoms with van der Waals surface area (Å²) in [4.78, 5) is 28.1. The van der Waals surface area contributed by atoms with Crippen molar-refractivity contribution in [2.24, 2.45) is 23.2 Å². The Morgan fingerprint density at radius 2 is 1.93 bits per heavy atom. The van der Waals surface area contributed by atoms with Crippen LogP contribution in [-0.4, -0.2) is 47.0 Å². The van der Waals surface area contributed by atoms with Crippen molar-refractivity contribution in [2.75, 3.05) is 6.54 Å². The lowest BCUT2D eigenvalue weighted by Crippen LogP contribution is -2.59. The van der Waals surface area contributed by atoms with E-state index in [0.717, 1.165) is 64.3 Å². The lowest BCUT2D eigenvalue weighted by Gasteiger charge is -2.61. The summed E-state index contributed by atoms with van der Waals surface area (Å²) in [7, 11) is 0. The van der Waals surface area contributed by atoms with E-state index in [0.29, 0.717) is 30.2 Å². The molecular weight excluding hydrogens is 366 g/mol. The smallest absolute Gasteiger partial charge is 0.323 e. The van der Waals surface area contributed by atoms with Gasteiger partial charge in [0, 0.05) is 12.5 Å². The van der Waals surface area contributed by atoms with E-state index in [1.54, 1.807) is 0 Å². The molecule has 7 fully saturated rings. The summed E-state index contributed by atoms with van der Waals surface area (Å²) in [6.45, 7) is 0.897. The molecule has 0 aromatic heterocycles. The fourth-order valence-corrected chi connectivity index (χ4v) is 8.20. The molecule has 1 N–H and O–H groups in total. The van der Waals surface area contributed by atoms with Crippen LogP contribution in [0.25, 0.3) is 0 Å². The van der Waals surface area contributed by atoms with Crippen molar-refractivity contribution in [3.63, 3.8) is 0 Å². The maximum Gasteiger partial charge on any atom is 0.323 e. The summed E-state index contributed by atoms with van der Waals surface area (Å²) in [6.07, 6.45) is 10.6. The number of carbonyl (C=O) groups is 2. The predicted molar refractivity (Wildman–Crippen MR) is 104 cm³/mol. The average Bonchev–Trinajstić information content (AvgIpc) is 3.06. The number of ether oxygens (including phenoxy) is 1. The van der Waals surface area contributed by atoms with Crippen LogP contribution in [0.3, 0.4) is 0 Å². The van der Waals surface area contributed by atoms with Crippen LogP contribution in [0.5, 0.6) is 0 Å². The average molecular weight is 398 g/mol. The molecule has 6 heteroatoms. The quantitative estimate of drug-likeness (QED) is 0.737. The van der Waals surface area contributed by atoms with E-state index >= 15 is 0 Å². The maximum atomic E-state index is 13.3. The maximum absolute atomic E-state index is 13.3. The largest absolute Gasteiger partial charge is 0.458 e. The second-order valence-corrected chi connectivity index (χ2v) is 11.1. The lowest BCUT2D eigenvalue weighted by molar-refractivity contribution is -0.204. The Kier molecular flexibility index (Phi) is 3.89. The summed E-state index contributed by atoms with van der Waals surface area (Å²) in [5.74, 6) is 1.82. The van der Waals surface area contributed by atoms with Gasteiger partial charge in [0.2, 0.25) is 5.91 Å². The molecule has 5 aliphatic carbocycles. The second kappa shape index (κ2) is 6.20. The number of fused-ring (bicyclic) bond motifs is 1. The zero-order valence-corrected chi connectivity index (χ0v) is 17.1. The van der Waals surface area contributed by atoms with Gasteiger partial charge in [-0.05, 0) is 93.9 Å². The highest BCUT2D eigenvalue weighted by Crippen LogP contribution is 2.64. The zero-order valence-electron chi connectivity index (χ0n) is 17.1. The first-order chi connectivity index (χ1) is 14.0. The molecule has 6 atom stereocenters. The van der Waals surface area contributed by atoms with Crippen molar-refractivity contribution < 1.29 is 14.3 Å². The first-order valence-corrected chi connectivity index (χ1v) is 11.7. The van der Waals surface area contributed by atoms with Crippen LogP contribution >= 0.6 is 0 Å². The lowest BCUT2D eigenvalue weighted by atomic mass is 9.47. The summed E-state index contributed by atoms with van der Waals surface area (Å²) < 4.78 is 6.26. The molecule has 156 valence electrons. The Bertz CT molecular complexity index is 769. The third-order valence-electron chi connectivity index (χ3n) is 8.86. The van der Waals surface area contributed by atoms with Crippen molar-refractivity contribution >= 4 is 11.9 Å². The minimum atomic E-state index is -0.354. The Hall–Kier alpha value is -1.61. The van der Waals surface area contributed by atoms with Crippen molar-refractivity contribution in [3.8, 4) is 6.07 Å². The van der Waals surface area contributed by atoms with Crippen molar-refractivity contribution in [2.45, 2.75) is 94.4 Å². The number of amides is 1. The van der Waals surface area contributed by atoms with E-state index < -0.39 is 0 Å². The summed E-state index contributed by atoms with van der Waals surface area (Å²) >= 11 is 0. The number of nitriles is 1. The fourth-order valence-electron chi connectivity index (χ4n) is 8.20. The van der Waals surface area contributed by atoms with E-state index in [2.05, 4.69) is 11.4 Å². The molecule has 7 aliphatic rings. The summed E-state index contributed by atoms with van der Waals surface area (Å²) in [6, 6.07) is 2.31. The van der Waals surface area contributed by atoms with Gasteiger partial charge in [-0.25, -0.2) is 0 Å². The van der Waals surface area contributed by atoms with Crippen molar-refractivity contribution in [1.82, 2.24) is 10.2 Å². The van der Waals surface area contributed by atoms with Gasteiger partial charge in [0.1, 0.15) is 17.7 Å². The molecule has 6 nitrogen and oxygen atoms in total. The Morgan fingerprint density at radius 1 is 1.14 bits per heavy atom. The van der Waals surface area contributed by atoms with E-state index in [1.165, 1.54) is 6.42 Å². The van der Waals surface area contributed by atoms with Gasteiger partial charge in [-0.15, -0.1) is 0 Å². The first kappa shape index (κ1) is 18.2. The topological polar surface area (TPSA) is 82.4 Å². The number of piperidine rings is 1. The minimum Gasteiger partial charge on any atom is -0.458 e. The van der Waals surface area contributed by atoms with E-state index in [-0.39, 0.29) is 35.0 Å². The van der Waals surface area contributed by atoms with Crippen molar-refractivity contribution in [1.29, 1.82) is 5.26 Å². The number of hydrogen-bond donors (Lipinski definition) is 1. The fraction of sp³-hybridized carbons (Fsp3) is 0.870. The van der Waals surface area contributed by atoms with Crippen LogP contribution in [0.1, 0.15) is 70.6 Å². The van der Waals surface area contributed by atoms with Crippen molar-refractivity contribution in [3.05, 3.63) is 0 Å². The second-order valence-electron chi connectivity index (χ2n) is 11.1. The molecular formula is C23H31N3O3. The third kappa shape index (κ3) is 2.91. The van der Waals surface area contributed by atoms with Gasteiger partial charge in [-0.1, -0.05) is 0 Å². The highest BCUT2D eigenvalue weighted by atomic mass is 16.6. The van der Waals surface area contributed by atoms with Crippen LogP contribution in [0, 0.1) is 34.5 Å². The number of carbonyl (C=O) groups excluding carboxylic acids is 2. The standard InChI is InChI=1S/C23H31N3O3/c24-12-17-5-16-6-19(16)26(17)20(27)11-22-7-14-4-15(8-22)10-23(9-14,13-22)29-21(28)18-2-1-3-25-18/h14-19,25H,1-11,13H2. The van der Waals surface area contributed by atoms with Crippen LogP contribution < -0.4 is 5.32 Å². The molecule has 0 aromatic carbocycles. The Balaban J connectivity index is 1.20. The molecule has 6 unspecified atom stereocenters. The van der Waals surface area contributed by atoms with Crippen LogP contribution in [-0.2, 0) is 14.3 Å². The number of rotatable bonds is 4. The predicted octanol–water partition coefficient (Wildman–Crippen LogP) is 2.52. The van der Waals surface area contributed by atoms with Gasteiger partial charge >= 0.3 is 5.97 Å². The zero-order chi connectivity index (χ0) is 19.8. The first-order valence-electron chi connectivity index (χ1n) is 11.7. The summed E-state index contributed by atoms with van der Waals surface area (Å²) in [5.41, 5.74) is -0.384. The number of nitrogens with zero attached hydrogens (tertiary/aromatic N) is 2. The van der Waals surface area contributed by atoms with Gasteiger partial charge in [0.05, 0.1) is 6.07 Å². The SMILES string of the molecule is N#CC1CC2CC2N1C(=O)CC12CC3CC(C1)CC(OC(=O)C1CCCN1)(C3)C2. The molecule has 2 saturated heterocycles. The number of nitrogens with one attached hydrogen (secondary N) is 1. The molecule has 0 spiro atoms. The third-order valence-corrected chi connectivity index (χ3v) is 8.86. The molecule has 0 radical (unpaired) electrons. The van der Waals surface area contributed by atoms with Gasteiger partial charge in [0.25, 0.3) is 0 Å².